The van der Waals surface area contributed by atoms with Crippen molar-refractivity contribution in [2.75, 3.05) is 46.9 Å². The number of likely N-dealkylation sites (N-methyl/N-ethyl adjacent to an activating group) is 1. The highest BCUT2D eigenvalue weighted by molar-refractivity contribution is 7.09. The van der Waals surface area contributed by atoms with Crippen LogP contribution in [0.1, 0.15) is 62.5 Å². The predicted molar refractivity (Wildman–Crippen MR) is 133 cm³/mol. The van der Waals surface area contributed by atoms with Crippen molar-refractivity contribution in [2.24, 2.45) is 11.8 Å². The van der Waals surface area contributed by atoms with E-state index in [1.54, 1.807) is 17.5 Å². The zero-order valence-corrected chi connectivity index (χ0v) is 21.4. The molecule has 1 aromatic heterocycles. The van der Waals surface area contributed by atoms with Crippen LogP contribution in [-0.4, -0.2) is 75.0 Å². The predicted octanol–water partition coefficient (Wildman–Crippen LogP) is 3.54. The number of alkyl carbamates (subject to hydrolysis) is 1. The van der Waals surface area contributed by atoms with Gasteiger partial charge in [0.2, 0.25) is 0 Å². The van der Waals surface area contributed by atoms with Crippen LogP contribution >= 0.6 is 11.3 Å². The Kier molecular flexibility index (Phi) is 11.4. The average Bonchev–Trinajstić information content (AvgIpc) is 3.39. The lowest BCUT2D eigenvalue weighted by Gasteiger charge is -2.37. The van der Waals surface area contributed by atoms with Crippen LogP contribution in [0.5, 0.6) is 0 Å². The zero-order chi connectivity index (χ0) is 24.2. The van der Waals surface area contributed by atoms with Crippen molar-refractivity contribution in [3.8, 4) is 0 Å². The lowest BCUT2D eigenvalue weighted by atomic mass is 9.85. The van der Waals surface area contributed by atoms with Crippen molar-refractivity contribution in [3.63, 3.8) is 0 Å². The van der Waals surface area contributed by atoms with E-state index < -0.39 is 6.09 Å². The fraction of sp³-hybridized carbons (Fsp3) is 0.792. The zero-order valence-electron chi connectivity index (χ0n) is 20.6. The number of hydrogen-bond donors (Lipinski definition) is 3. The summed E-state index contributed by atoms with van der Waals surface area (Å²) in [5, 5.41) is 12.1. The molecule has 1 saturated heterocycles. The Morgan fingerprint density at radius 2 is 2.06 bits per heavy atom. The monoisotopic (exact) mass is 495 g/mol. The third-order valence-electron chi connectivity index (χ3n) is 6.84. The van der Waals surface area contributed by atoms with Crippen LogP contribution < -0.4 is 16.0 Å². The van der Waals surface area contributed by atoms with E-state index in [9.17, 15) is 9.59 Å². The summed E-state index contributed by atoms with van der Waals surface area (Å²) in [6.07, 6.45) is 10.6. The Balaban J connectivity index is 1.55. The number of carbonyl (C=O) groups excluding carboxylic acids is 2. The van der Waals surface area contributed by atoms with Crippen molar-refractivity contribution in [3.05, 3.63) is 16.6 Å². The Bertz CT molecular complexity index is 729. The highest BCUT2D eigenvalue weighted by Gasteiger charge is 2.33. The molecule has 0 aromatic carbocycles. The average molecular weight is 496 g/mol. The van der Waals surface area contributed by atoms with Gasteiger partial charge in [0, 0.05) is 49.7 Å². The number of urea groups is 1. The molecule has 3 N–H and O–H groups in total. The first kappa shape index (κ1) is 26.7. The van der Waals surface area contributed by atoms with E-state index >= 15 is 0 Å². The van der Waals surface area contributed by atoms with Gasteiger partial charge in [-0.05, 0) is 32.2 Å². The van der Waals surface area contributed by atoms with Crippen LogP contribution in [0.2, 0.25) is 0 Å². The second-order valence-corrected chi connectivity index (χ2v) is 10.3. The van der Waals surface area contributed by atoms with E-state index in [1.165, 1.54) is 39.2 Å². The molecule has 1 aliphatic carbocycles. The third-order valence-corrected chi connectivity index (χ3v) is 7.68. The van der Waals surface area contributed by atoms with E-state index in [1.807, 2.05) is 17.3 Å². The van der Waals surface area contributed by atoms with E-state index in [0.717, 1.165) is 37.4 Å². The number of carbonyl (C=O) groups is 2. The maximum absolute atomic E-state index is 13.2. The molecule has 0 spiro atoms. The number of thiazole rings is 1. The van der Waals surface area contributed by atoms with Gasteiger partial charge < -0.3 is 30.3 Å². The maximum atomic E-state index is 13.2. The number of likely N-dealkylation sites (tertiary alicyclic amines) is 1. The number of piperidine rings is 1. The summed E-state index contributed by atoms with van der Waals surface area (Å²) in [7, 11) is 3.29. The van der Waals surface area contributed by atoms with Crippen molar-refractivity contribution in [2.45, 2.75) is 63.5 Å². The third kappa shape index (κ3) is 8.39. The highest BCUT2D eigenvalue weighted by Crippen LogP contribution is 2.34. The molecule has 34 heavy (non-hydrogen) atoms. The summed E-state index contributed by atoms with van der Waals surface area (Å²) in [6.45, 7) is 2.90. The summed E-state index contributed by atoms with van der Waals surface area (Å²) in [5.74, 6) is 0.868. The van der Waals surface area contributed by atoms with Gasteiger partial charge in [-0.1, -0.05) is 32.1 Å². The van der Waals surface area contributed by atoms with Gasteiger partial charge in [0.05, 0.1) is 13.7 Å². The number of nitrogens with one attached hydrogen (secondary N) is 3. The van der Waals surface area contributed by atoms with Gasteiger partial charge >= 0.3 is 12.1 Å². The van der Waals surface area contributed by atoms with Crippen molar-refractivity contribution < 1.29 is 19.1 Å². The van der Waals surface area contributed by atoms with Crippen molar-refractivity contribution in [1.82, 2.24) is 25.8 Å². The Labute approximate surface area is 207 Å². The number of rotatable bonds is 11. The number of amides is 3. The first-order chi connectivity index (χ1) is 16.6. The number of nitrogens with zero attached hydrogens (tertiary/aromatic N) is 2. The molecule has 10 heteroatoms. The first-order valence-electron chi connectivity index (χ1n) is 12.6. The van der Waals surface area contributed by atoms with Crippen LogP contribution in [0.25, 0.3) is 0 Å². The molecule has 3 atom stereocenters. The second kappa shape index (κ2) is 14.5. The van der Waals surface area contributed by atoms with E-state index in [-0.39, 0.29) is 24.1 Å². The molecule has 9 nitrogen and oxygen atoms in total. The fourth-order valence-electron chi connectivity index (χ4n) is 5.17. The van der Waals surface area contributed by atoms with Gasteiger partial charge in [0.25, 0.3) is 0 Å². The minimum Gasteiger partial charge on any atom is -0.453 e. The molecule has 2 aliphatic rings. The molecule has 1 aromatic rings. The molecule has 1 aliphatic heterocycles. The van der Waals surface area contributed by atoms with E-state index in [0.29, 0.717) is 25.6 Å². The second-order valence-electron chi connectivity index (χ2n) is 9.37. The van der Waals surface area contributed by atoms with Crippen LogP contribution in [0.15, 0.2) is 11.6 Å². The van der Waals surface area contributed by atoms with Gasteiger partial charge in [0.15, 0.2) is 0 Å². The fourth-order valence-corrected chi connectivity index (χ4v) is 5.94. The SMILES string of the molecule is CNC[C@H](CC1CCCCC1)NC(=O)N1CCC[C@@H](C(OCCNC(=O)OC)c2nccs2)C1. The smallest absolute Gasteiger partial charge is 0.406 e. The van der Waals surface area contributed by atoms with Crippen LogP contribution in [0, 0.1) is 11.8 Å². The lowest BCUT2D eigenvalue weighted by molar-refractivity contribution is -0.00875. The molecule has 1 unspecified atom stereocenters. The Morgan fingerprint density at radius 3 is 2.76 bits per heavy atom. The Hall–Kier alpha value is -1.91. The van der Waals surface area contributed by atoms with Gasteiger partial charge in [-0.3, -0.25) is 0 Å². The lowest BCUT2D eigenvalue weighted by Crippen LogP contribution is -2.52. The molecule has 2 heterocycles. The molecule has 0 bridgehead atoms. The number of hydrogen-bond acceptors (Lipinski definition) is 7. The number of ether oxygens (including phenoxy) is 2. The summed E-state index contributed by atoms with van der Waals surface area (Å²) >= 11 is 1.56. The topological polar surface area (TPSA) is 105 Å². The number of methoxy groups -OCH3 is 1. The Morgan fingerprint density at radius 1 is 1.24 bits per heavy atom. The molecular formula is C24H41N5O4S. The van der Waals surface area contributed by atoms with Crippen molar-refractivity contribution in [1.29, 1.82) is 0 Å². The van der Waals surface area contributed by atoms with Crippen LogP contribution in [0.3, 0.4) is 0 Å². The molecule has 3 amide bonds. The summed E-state index contributed by atoms with van der Waals surface area (Å²) in [5.41, 5.74) is 0. The minimum atomic E-state index is -0.473. The van der Waals surface area contributed by atoms with Gasteiger partial charge in [-0.25, -0.2) is 14.6 Å². The van der Waals surface area contributed by atoms with Gasteiger partial charge in [0.1, 0.15) is 11.1 Å². The summed E-state index contributed by atoms with van der Waals surface area (Å²) < 4.78 is 10.8. The highest BCUT2D eigenvalue weighted by atomic mass is 32.1. The van der Waals surface area contributed by atoms with Crippen molar-refractivity contribution >= 4 is 23.5 Å². The normalized spacial score (nSPS) is 21.0. The van der Waals surface area contributed by atoms with Gasteiger partial charge in [-0.2, -0.15) is 0 Å². The van der Waals surface area contributed by atoms with Crippen LogP contribution in [0.4, 0.5) is 9.59 Å². The quantitative estimate of drug-likeness (QED) is 0.406. The summed E-state index contributed by atoms with van der Waals surface area (Å²) in [4.78, 5) is 31.0. The number of aromatic nitrogens is 1. The molecule has 1 saturated carbocycles. The summed E-state index contributed by atoms with van der Waals surface area (Å²) in [6, 6.07) is 0.169. The van der Waals surface area contributed by atoms with E-state index in [4.69, 9.17) is 4.74 Å². The molecule has 192 valence electrons. The molecule has 2 fully saturated rings. The largest absolute Gasteiger partial charge is 0.453 e. The first-order valence-corrected chi connectivity index (χ1v) is 13.5. The molecule has 0 radical (unpaired) electrons. The van der Waals surface area contributed by atoms with Crippen LogP contribution in [-0.2, 0) is 9.47 Å². The van der Waals surface area contributed by atoms with E-state index in [2.05, 4.69) is 25.7 Å². The minimum absolute atomic E-state index is 0.0195. The molecule has 3 rings (SSSR count). The molecular weight excluding hydrogens is 454 g/mol. The standard InChI is InChI=1S/C24H41N5O4S/c1-25-16-20(15-18-7-4-3-5-8-18)28-23(30)29-12-6-9-19(17-29)21(22-26-11-14-34-22)33-13-10-27-24(31)32-2/h11,14,18-21,25H,3-10,12-13,15-17H2,1-2H3,(H,27,31)(H,28,30)/t19-,20+,21?/m1/s1. The van der Waals surface area contributed by atoms with Gasteiger partial charge in [-0.15, -0.1) is 11.3 Å². The maximum Gasteiger partial charge on any atom is 0.406 e.